The lowest BCUT2D eigenvalue weighted by atomic mass is 9.92. The third-order valence-electron chi connectivity index (χ3n) is 4.88. The number of rotatable bonds is 5. The first kappa shape index (κ1) is 20.0. The van der Waals surface area contributed by atoms with Crippen molar-refractivity contribution < 1.29 is 4.79 Å². The first-order chi connectivity index (χ1) is 14.6. The van der Waals surface area contributed by atoms with Gasteiger partial charge in [-0.3, -0.25) is 9.78 Å². The molecule has 146 valence electrons. The minimum absolute atomic E-state index is 0.0570. The SMILES string of the molecule is Cc1nc2ccc(Br)cc2c(-c2ccccc2)c1C(=O)/C=C/C=C\c1ccccc1. The van der Waals surface area contributed by atoms with Crippen LogP contribution < -0.4 is 0 Å². The van der Waals surface area contributed by atoms with Crippen LogP contribution in [0, 0.1) is 6.92 Å². The van der Waals surface area contributed by atoms with Crippen molar-refractivity contribution in [2.45, 2.75) is 6.92 Å². The highest BCUT2D eigenvalue weighted by Gasteiger charge is 2.18. The third-order valence-corrected chi connectivity index (χ3v) is 5.38. The molecule has 3 heteroatoms. The molecule has 0 atom stereocenters. The van der Waals surface area contributed by atoms with Gasteiger partial charge in [0.1, 0.15) is 0 Å². The number of hydrogen-bond donors (Lipinski definition) is 0. The summed E-state index contributed by atoms with van der Waals surface area (Å²) in [7, 11) is 0. The first-order valence-corrected chi connectivity index (χ1v) is 10.5. The van der Waals surface area contributed by atoms with E-state index in [1.54, 1.807) is 12.2 Å². The van der Waals surface area contributed by atoms with E-state index in [0.29, 0.717) is 5.56 Å². The zero-order valence-corrected chi connectivity index (χ0v) is 18.1. The van der Waals surface area contributed by atoms with Gasteiger partial charge in [0.05, 0.1) is 11.1 Å². The molecule has 0 bridgehead atoms. The van der Waals surface area contributed by atoms with Crippen LogP contribution >= 0.6 is 15.9 Å². The van der Waals surface area contributed by atoms with Gasteiger partial charge in [-0.25, -0.2) is 0 Å². The second-order valence-corrected chi connectivity index (χ2v) is 7.88. The van der Waals surface area contributed by atoms with Crippen LogP contribution in [0.4, 0.5) is 0 Å². The van der Waals surface area contributed by atoms with E-state index in [4.69, 9.17) is 4.98 Å². The van der Waals surface area contributed by atoms with Gasteiger partial charge >= 0.3 is 0 Å². The molecule has 0 fully saturated rings. The van der Waals surface area contributed by atoms with Gasteiger partial charge in [0.25, 0.3) is 0 Å². The molecule has 0 saturated carbocycles. The highest BCUT2D eigenvalue weighted by atomic mass is 79.9. The van der Waals surface area contributed by atoms with E-state index in [1.807, 2.05) is 97.9 Å². The fraction of sp³-hybridized carbons (Fsp3) is 0.0370. The number of nitrogens with zero attached hydrogens (tertiary/aromatic N) is 1. The molecule has 1 aromatic heterocycles. The number of pyridine rings is 1. The Labute approximate surface area is 184 Å². The zero-order valence-electron chi connectivity index (χ0n) is 16.5. The maximum atomic E-state index is 13.2. The van der Waals surface area contributed by atoms with Crippen molar-refractivity contribution in [3.8, 4) is 11.1 Å². The van der Waals surface area contributed by atoms with Crippen LogP contribution in [-0.4, -0.2) is 10.8 Å². The number of aryl methyl sites for hydroxylation is 1. The van der Waals surface area contributed by atoms with Crippen LogP contribution in [0.25, 0.3) is 28.1 Å². The van der Waals surface area contributed by atoms with Crippen LogP contribution in [0.3, 0.4) is 0 Å². The van der Waals surface area contributed by atoms with E-state index in [0.717, 1.165) is 37.8 Å². The van der Waals surface area contributed by atoms with Gasteiger partial charge in [0.15, 0.2) is 5.78 Å². The van der Waals surface area contributed by atoms with Gasteiger partial charge in [-0.05, 0) is 42.3 Å². The number of allylic oxidation sites excluding steroid dienone is 3. The monoisotopic (exact) mass is 453 g/mol. The Balaban J connectivity index is 1.79. The number of hydrogen-bond acceptors (Lipinski definition) is 2. The molecule has 0 aliphatic heterocycles. The smallest absolute Gasteiger partial charge is 0.188 e. The van der Waals surface area contributed by atoms with E-state index in [2.05, 4.69) is 15.9 Å². The second kappa shape index (κ2) is 9.02. The highest BCUT2D eigenvalue weighted by molar-refractivity contribution is 9.10. The van der Waals surface area contributed by atoms with E-state index in [9.17, 15) is 4.79 Å². The minimum Gasteiger partial charge on any atom is -0.289 e. The van der Waals surface area contributed by atoms with Crippen LogP contribution in [-0.2, 0) is 0 Å². The summed E-state index contributed by atoms with van der Waals surface area (Å²) >= 11 is 3.56. The molecule has 2 nitrogen and oxygen atoms in total. The van der Waals surface area contributed by atoms with Crippen molar-refractivity contribution in [1.29, 1.82) is 0 Å². The lowest BCUT2D eigenvalue weighted by Gasteiger charge is -2.14. The number of carbonyl (C=O) groups is 1. The van der Waals surface area contributed by atoms with Gasteiger partial charge in [-0.1, -0.05) is 94.8 Å². The average Bonchev–Trinajstić information content (AvgIpc) is 2.77. The van der Waals surface area contributed by atoms with Crippen LogP contribution in [0.2, 0.25) is 0 Å². The molecule has 0 aliphatic rings. The first-order valence-electron chi connectivity index (χ1n) is 9.73. The fourth-order valence-electron chi connectivity index (χ4n) is 3.52. The van der Waals surface area contributed by atoms with Crippen molar-refractivity contribution >= 4 is 38.7 Å². The Morgan fingerprint density at radius 1 is 0.900 bits per heavy atom. The topological polar surface area (TPSA) is 30.0 Å². The summed E-state index contributed by atoms with van der Waals surface area (Å²) in [5.74, 6) is -0.0570. The molecule has 0 aliphatic carbocycles. The van der Waals surface area contributed by atoms with Crippen molar-refractivity contribution in [2.24, 2.45) is 0 Å². The standard InChI is InChI=1S/C27H20BrNO/c1-19-26(25(30)15-9-8-12-20-10-4-2-5-11-20)27(21-13-6-3-7-14-21)23-18-22(28)16-17-24(23)29-19/h2-18H,1H3/b12-8-,15-9+. The summed E-state index contributed by atoms with van der Waals surface area (Å²) in [6, 6.07) is 26.0. The van der Waals surface area contributed by atoms with Crippen LogP contribution in [0.1, 0.15) is 21.6 Å². The second-order valence-electron chi connectivity index (χ2n) is 6.97. The normalized spacial score (nSPS) is 11.5. The van der Waals surface area contributed by atoms with Crippen LogP contribution in [0.5, 0.6) is 0 Å². The molecule has 0 spiro atoms. The Kier molecular flexibility index (Phi) is 6.01. The molecular formula is C27H20BrNO. The molecule has 0 saturated heterocycles. The van der Waals surface area contributed by atoms with Gasteiger partial charge < -0.3 is 0 Å². The van der Waals surface area contributed by atoms with Crippen molar-refractivity contribution in [2.75, 3.05) is 0 Å². The molecule has 0 radical (unpaired) electrons. The van der Waals surface area contributed by atoms with E-state index in [1.165, 1.54) is 0 Å². The molecule has 1 heterocycles. The van der Waals surface area contributed by atoms with E-state index in [-0.39, 0.29) is 5.78 Å². The van der Waals surface area contributed by atoms with Gasteiger partial charge in [0, 0.05) is 21.1 Å². The summed E-state index contributed by atoms with van der Waals surface area (Å²) in [6.07, 6.45) is 7.26. The highest BCUT2D eigenvalue weighted by Crippen LogP contribution is 2.34. The predicted molar refractivity (Wildman–Crippen MR) is 129 cm³/mol. The quantitative estimate of drug-likeness (QED) is 0.178. The van der Waals surface area contributed by atoms with Gasteiger partial charge in [-0.15, -0.1) is 0 Å². The van der Waals surface area contributed by atoms with Crippen molar-refractivity contribution in [3.05, 3.63) is 118 Å². The molecular weight excluding hydrogens is 434 g/mol. The van der Waals surface area contributed by atoms with Crippen LogP contribution in [0.15, 0.2) is 102 Å². The predicted octanol–water partition coefficient (Wildman–Crippen LogP) is 7.43. The number of halogens is 1. The molecule has 4 rings (SSSR count). The lowest BCUT2D eigenvalue weighted by molar-refractivity contribution is 0.104. The largest absolute Gasteiger partial charge is 0.289 e. The third kappa shape index (κ3) is 4.32. The Morgan fingerprint density at radius 2 is 1.60 bits per heavy atom. The Hall–Kier alpha value is -3.30. The Bertz CT molecular complexity index is 1260. The summed E-state index contributed by atoms with van der Waals surface area (Å²) in [4.78, 5) is 17.9. The summed E-state index contributed by atoms with van der Waals surface area (Å²) in [5, 5.41) is 0.956. The molecule has 0 amide bonds. The zero-order chi connectivity index (χ0) is 20.9. The number of aromatic nitrogens is 1. The number of carbonyl (C=O) groups excluding carboxylic acids is 1. The molecule has 0 unspecified atom stereocenters. The fourth-order valence-corrected chi connectivity index (χ4v) is 3.88. The van der Waals surface area contributed by atoms with E-state index >= 15 is 0 Å². The molecule has 30 heavy (non-hydrogen) atoms. The van der Waals surface area contributed by atoms with Gasteiger partial charge in [0.2, 0.25) is 0 Å². The lowest BCUT2D eigenvalue weighted by Crippen LogP contribution is -2.05. The summed E-state index contributed by atoms with van der Waals surface area (Å²) in [5.41, 5.74) is 5.25. The number of fused-ring (bicyclic) bond motifs is 1. The number of ketones is 1. The van der Waals surface area contributed by atoms with Crippen molar-refractivity contribution in [1.82, 2.24) is 4.98 Å². The molecule has 4 aromatic rings. The summed E-state index contributed by atoms with van der Waals surface area (Å²) < 4.78 is 0.956. The van der Waals surface area contributed by atoms with Crippen molar-refractivity contribution in [3.63, 3.8) is 0 Å². The summed E-state index contributed by atoms with van der Waals surface area (Å²) in [6.45, 7) is 1.90. The maximum absolute atomic E-state index is 13.2. The number of benzene rings is 3. The average molecular weight is 454 g/mol. The molecule has 0 N–H and O–H groups in total. The molecule has 3 aromatic carbocycles. The minimum atomic E-state index is -0.0570. The maximum Gasteiger partial charge on any atom is 0.188 e. The van der Waals surface area contributed by atoms with E-state index < -0.39 is 0 Å². The Morgan fingerprint density at radius 3 is 2.33 bits per heavy atom. The van der Waals surface area contributed by atoms with Gasteiger partial charge in [-0.2, -0.15) is 0 Å².